The van der Waals surface area contributed by atoms with E-state index in [9.17, 15) is 0 Å². The maximum Gasteiger partial charge on any atom is 0.123 e. The summed E-state index contributed by atoms with van der Waals surface area (Å²) in [5.41, 5.74) is 4.01. The lowest BCUT2D eigenvalue weighted by molar-refractivity contribution is 0.0378. The monoisotopic (exact) mass is 305 g/mol. The number of hydrogen-bond donors (Lipinski definition) is 2. The Kier molecular flexibility index (Phi) is 5.53. The van der Waals surface area contributed by atoms with Gasteiger partial charge in [-0.3, -0.25) is 4.90 Å². The van der Waals surface area contributed by atoms with Gasteiger partial charge in [0.05, 0.1) is 20.3 Å². The molecule has 0 spiro atoms. The van der Waals surface area contributed by atoms with Crippen molar-refractivity contribution in [2.75, 3.05) is 58.4 Å². The maximum absolute atomic E-state index is 5.49. The van der Waals surface area contributed by atoms with Gasteiger partial charge in [-0.25, -0.2) is 0 Å². The molecule has 2 aliphatic heterocycles. The van der Waals surface area contributed by atoms with Crippen molar-refractivity contribution in [2.45, 2.75) is 19.4 Å². The van der Waals surface area contributed by atoms with Crippen molar-refractivity contribution in [2.24, 2.45) is 0 Å². The molecule has 1 aromatic rings. The Morgan fingerprint density at radius 3 is 2.95 bits per heavy atom. The Hall–Kier alpha value is -1.30. The average Bonchev–Trinajstić information content (AvgIpc) is 2.59. The van der Waals surface area contributed by atoms with Gasteiger partial charge in [0.1, 0.15) is 5.75 Å². The first-order valence-corrected chi connectivity index (χ1v) is 8.32. The zero-order valence-electron chi connectivity index (χ0n) is 13.5. The number of morpholine rings is 1. The Bertz CT molecular complexity index is 487. The molecule has 1 fully saturated rings. The molecule has 22 heavy (non-hydrogen) atoms. The lowest BCUT2D eigenvalue weighted by Crippen LogP contribution is -2.37. The topological polar surface area (TPSA) is 45.8 Å². The fraction of sp³-hybridized carbons (Fsp3) is 0.647. The van der Waals surface area contributed by atoms with Crippen LogP contribution >= 0.6 is 0 Å². The first-order chi connectivity index (χ1) is 10.9. The van der Waals surface area contributed by atoms with Crippen molar-refractivity contribution in [3.05, 3.63) is 23.3 Å². The number of nitrogens with one attached hydrogen (secondary N) is 2. The number of anilines is 1. The average molecular weight is 305 g/mol. The Balaban J connectivity index is 1.53. The minimum absolute atomic E-state index is 0.881. The van der Waals surface area contributed by atoms with Crippen molar-refractivity contribution in [1.82, 2.24) is 10.2 Å². The highest BCUT2D eigenvalue weighted by atomic mass is 16.5. The Morgan fingerprint density at radius 2 is 2.14 bits per heavy atom. The van der Waals surface area contributed by atoms with Crippen LogP contribution in [0.4, 0.5) is 5.69 Å². The van der Waals surface area contributed by atoms with E-state index in [2.05, 4.69) is 27.7 Å². The van der Waals surface area contributed by atoms with Crippen molar-refractivity contribution in [1.29, 1.82) is 0 Å². The van der Waals surface area contributed by atoms with Crippen molar-refractivity contribution in [3.8, 4) is 5.75 Å². The molecule has 0 saturated carbocycles. The Labute approximate surface area is 133 Å². The fourth-order valence-corrected chi connectivity index (χ4v) is 3.28. The van der Waals surface area contributed by atoms with Crippen LogP contribution in [-0.4, -0.2) is 57.9 Å². The SMILES string of the molecule is COc1ccc(NCCCN2CCOCC2)c2c1CNCC2. The quantitative estimate of drug-likeness (QED) is 0.780. The van der Waals surface area contributed by atoms with Crippen molar-refractivity contribution < 1.29 is 9.47 Å². The standard InChI is InChI=1S/C17H27N3O2/c1-21-17-4-3-16(14-5-7-18-13-15(14)17)19-6-2-8-20-9-11-22-12-10-20/h3-4,18-19H,2,5-13H2,1H3. The zero-order valence-corrected chi connectivity index (χ0v) is 13.5. The number of methoxy groups -OCH3 is 1. The van der Waals surface area contributed by atoms with Crippen LogP contribution in [-0.2, 0) is 17.7 Å². The third kappa shape index (κ3) is 3.72. The van der Waals surface area contributed by atoms with E-state index in [1.165, 1.54) is 23.2 Å². The van der Waals surface area contributed by atoms with E-state index in [0.29, 0.717) is 0 Å². The third-order valence-corrected chi connectivity index (χ3v) is 4.53. The molecule has 0 unspecified atom stereocenters. The Morgan fingerprint density at radius 1 is 1.27 bits per heavy atom. The highest BCUT2D eigenvalue weighted by Gasteiger charge is 2.17. The largest absolute Gasteiger partial charge is 0.496 e. The molecule has 0 aliphatic carbocycles. The summed E-state index contributed by atoms with van der Waals surface area (Å²) >= 11 is 0. The minimum Gasteiger partial charge on any atom is -0.496 e. The molecular formula is C17H27N3O2. The van der Waals surface area contributed by atoms with Gasteiger partial charge < -0.3 is 20.1 Å². The molecule has 2 heterocycles. The van der Waals surface area contributed by atoms with E-state index >= 15 is 0 Å². The predicted molar refractivity (Wildman–Crippen MR) is 88.8 cm³/mol. The number of fused-ring (bicyclic) bond motifs is 1. The van der Waals surface area contributed by atoms with E-state index in [0.717, 1.165) is 64.7 Å². The van der Waals surface area contributed by atoms with E-state index in [1.54, 1.807) is 7.11 Å². The van der Waals surface area contributed by atoms with Gasteiger partial charge in [0, 0.05) is 37.4 Å². The van der Waals surface area contributed by atoms with Crippen LogP contribution in [0, 0.1) is 0 Å². The smallest absolute Gasteiger partial charge is 0.123 e. The normalized spacial score (nSPS) is 18.8. The molecule has 1 saturated heterocycles. The van der Waals surface area contributed by atoms with E-state index in [-0.39, 0.29) is 0 Å². The van der Waals surface area contributed by atoms with Gasteiger partial charge in [-0.05, 0) is 43.6 Å². The highest BCUT2D eigenvalue weighted by Crippen LogP contribution is 2.31. The van der Waals surface area contributed by atoms with Gasteiger partial charge >= 0.3 is 0 Å². The summed E-state index contributed by atoms with van der Waals surface area (Å²) in [7, 11) is 1.75. The van der Waals surface area contributed by atoms with Gasteiger partial charge in [-0.1, -0.05) is 0 Å². The number of ether oxygens (including phenoxy) is 2. The second-order valence-corrected chi connectivity index (χ2v) is 5.93. The summed E-state index contributed by atoms with van der Waals surface area (Å²) in [6.07, 6.45) is 2.23. The molecule has 0 atom stereocenters. The molecule has 122 valence electrons. The molecular weight excluding hydrogens is 278 g/mol. The zero-order chi connectivity index (χ0) is 15.2. The van der Waals surface area contributed by atoms with E-state index in [4.69, 9.17) is 9.47 Å². The van der Waals surface area contributed by atoms with Crippen LogP contribution in [0.25, 0.3) is 0 Å². The lowest BCUT2D eigenvalue weighted by Gasteiger charge is -2.27. The van der Waals surface area contributed by atoms with E-state index < -0.39 is 0 Å². The van der Waals surface area contributed by atoms with Gasteiger partial charge in [0.2, 0.25) is 0 Å². The number of benzene rings is 1. The first kappa shape index (κ1) is 15.6. The summed E-state index contributed by atoms with van der Waals surface area (Å²) in [6.45, 7) is 8.02. The highest BCUT2D eigenvalue weighted by molar-refractivity contribution is 5.60. The molecule has 0 aromatic heterocycles. The lowest BCUT2D eigenvalue weighted by atomic mass is 9.98. The molecule has 2 N–H and O–H groups in total. The van der Waals surface area contributed by atoms with Crippen LogP contribution in [0.1, 0.15) is 17.5 Å². The summed E-state index contributed by atoms with van der Waals surface area (Å²) in [4.78, 5) is 2.48. The van der Waals surface area contributed by atoms with Crippen LogP contribution in [0.15, 0.2) is 12.1 Å². The molecule has 1 aromatic carbocycles. The summed E-state index contributed by atoms with van der Waals surface area (Å²) in [6, 6.07) is 4.24. The fourth-order valence-electron chi connectivity index (χ4n) is 3.28. The number of hydrogen-bond acceptors (Lipinski definition) is 5. The molecule has 2 aliphatic rings. The van der Waals surface area contributed by atoms with Gasteiger partial charge in [-0.2, -0.15) is 0 Å². The number of rotatable bonds is 6. The molecule has 0 amide bonds. The molecule has 5 nitrogen and oxygen atoms in total. The second-order valence-electron chi connectivity index (χ2n) is 5.93. The van der Waals surface area contributed by atoms with E-state index in [1.807, 2.05) is 0 Å². The summed E-state index contributed by atoms with van der Waals surface area (Å²) in [5, 5.41) is 7.05. The van der Waals surface area contributed by atoms with Crippen LogP contribution in [0.3, 0.4) is 0 Å². The third-order valence-electron chi connectivity index (χ3n) is 4.53. The summed E-state index contributed by atoms with van der Waals surface area (Å²) < 4.78 is 10.9. The molecule has 0 radical (unpaired) electrons. The van der Waals surface area contributed by atoms with Gasteiger partial charge in [0.25, 0.3) is 0 Å². The first-order valence-electron chi connectivity index (χ1n) is 8.32. The van der Waals surface area contributed by atoms with Crippen molar-refractivity contribution >= 4 is 5.69 Å². The van der Waals surface area contributed by atoms with Crippen LogP contribution < -0.4 is 15.4 Å². The van der Waals surface area contributed by atoms with Gasteiger partial charge in [-0.15, -0.1) is 0 Å². The minimum atomic E-state index is 0.881. The van der Waals surface area contributed by atoms with Crippen LogP contribution in [0.2, 0.25) is 0 Å². The molecule has 3 rings (SSSR count). The second kappa shape index (κ2) is 7.81. The van der Waals surface area contributed by atoms with Crippen molar-refractivity contribution in [3.63, 3.8) is 0 Å². The van der Waals surface area contributed by atoms with Crippen LogP contribution in [0.5, 0.6) is 5.75 Å². The predicted octanol–water partition coefficient (Wildman–Crippen LogP) is 1.48. The molecule has 0 bridgehead atoms. The summed E-state index contributed by atoms with van der Waals surface area (Å²) in [5.74, 6) is 1.00. The van der Waals surface area contributed by atoms with Gasteiger partial charge in [0.15, 0.2) is 0 Å². The maximum atomic E-state index is 5.49. The number of nitrogens with zero attached hydrogens (tertiary/aromatic N) is 1. The molecule has 5 heteroatoms.